The van der Waals surface area contributed by atoms with Crippen LogP contribution in [-0.4, -0.2) is 39.4 Å². The monoisotopic (exact) mass is 462 g/mol. The van der Waals surface area contributed by atoms with Gasteiger partial charge in [0.25, 0.3) is 5.91 Å². The van der Waals surface area contributed by atoms with E-state index in [0.29, 0.717) is 31.0 Å². The lowest BCUT2D eigenvalue weighted by Crippen LogP contribution is -2.26. The number of hydrogen-bond acceptors (Lipinski definition) is 6. The number of benzene rings is 3. The quantitative estimate of drug-likeness (QED) is 0.347. The average Bonchev–Trinajstić information content (AvgIpc) is 3.55. The number of amides is 1. The molecule has 7 heteroatoms. The van der Waals surface area contributed by atoms with Crippen LogP contribution < -0.4 is 4.74 Å². The summed E-state index contributed by atoms with van der Waals surface area (Å²) in [5.74, 6) is 1.32. The van der Waals surface area contributed by atoms with Gasteiger partial charge in [0.15, 0.2) is 0 Å². The molecule has 0 saturated carbocycles. The first-order chi connectivity index (χ1) is 17.2. The number of para-hydroxylation sites is 2. The van der Waals surface area contributed by atoms with E-state index < -0.39 is 0 Å². The molecule has 0 saturated heterocycles. The molecule has 1 amide bonds. The molecule has 0 bridgehead atoms. The third kappa shape index (κ3) is 3.81. The summed E-state index contributed by atoms with van der Waals surface area (Å²) in [5, 5.41) is 0. The van der Waals surface area contributed by atoms with Gasteiger partial charge < -0.3 is 14.1 Å². The molecule has 1 aliphatic rings. The van der Waals surface area contributed by atoms with Gasteiger partial charge in [-0.2, -0.15) is 0 Å². The van der Waals surface area contributed by atoms with Gasteiger partial charge in [0.1, 0.15) is 12.0 Å². The van der Waals surface area contributed by atoms with E-state index in [4.69, 9.17) is 19.1 Å². The van der Waals surface area contributed by atoms with Crippen molar-refractivity contribution in [2.24, 2.45) is 0 Å². The van der Waals surface area contributed by atoms with Crippen molar-refractivity contribution in [1.82, 2.24) is 19.9 Å². The first-order valence-corrected chi connectivity index (χ1v) is 11.4. The Bertz CT molecular complexity index is 1530. The number of methoxy groups -OCH3 is 1. The fourth-order valence-electron chi connectivity index (χ4n) is 4.56. The van der Waals surface area contributed by atoms with Crippen molar-refractivity contribution in [1.29, 1.82) is 0 Å². The maximum Gasteiger partial charge on any atom is 0.254 e. The highest BCUT2D eigenvalue weighted by Crippen LogP contribution is 2.32. The zero-order chi connectivity index (χ0) is 23.8. The van der Waals surface area contributed by atoms with E-state index in [1.54, 1.807) is 19.6 Å². The third-order valence-electron chi connectivity index (χ3n) is 6.33. The lowest BCUT2D eigenvalue weighted by molar-refractivity contribution is 0.0780. The van der Waals surface area contributed by atoms with Gasteiger partial charge in [-0.1, -0.05) is 18.2 Å². The smallest absolute Gasteiger partial charge is 0.254 e. The van der Waals surface area contributed by atoms with E-state index in [1.807, 2.05) is 71.6 Å². The second-order valence-corrected chi connectivity index (χ2v) is 8.38. The molecule has 1 aliphatic heterocycles. The number of rotatable bonds is 6. The summed E-state index contributed by atoms with van der Waals surface area (Å²) >= 11 is 0. The van der Waals surface area contributed by atoms with Gasteiger partial charge in [0.05, 0.1) is 35.7 Å². The number of nitrogens with zero attached hydrogens (tertiary/aromatic N) is 4. The van der Waals surface area contributed by atoms with E-state index >= 15 is 0 Å². The lowest BCUT2D eigenvalue weighted by Gasteiger charge is -2.17. The van der Waals surface area contributed by atoms with E-state index in [-0.39, 0.29) is 5.91 Å². The van der Waals surface area contributed by atoms with Crippen LogP contribution in [0, 0.1) is 0 Å². The number of carbonyl (C=O) groups is 1. The van der Waals surface area contributed by atoms with Gasteiger partial charge in [-0.15, -0.1) is 0 Å². The Kier molecular flexibility index (Phi) is 5.22. The molecule has 0 spiro atoms. The second-order valence-electron chi connectivity index (χ2n) is 8.38. The number of ether oxygens (including phenoxy) is 1. The van der Waals surface area contributed by atoms with Crippen LogP contribution in [0.4, 0.5) is 0 Å². The molecule has 0 N–H and O–H groups in total. The van der Waals surface area contributed by atoms with Crippen LogP contribution in [0.2, 0.25) is 0 Å². The van der Waals surface area contributed by atoms with Crippen molar-refractivity contribution in [2.75, 3.05) is 13.7 Å². The third-order valence-corrected chi connectivity index (χ3v) is 6.33. The van der Waals surface area contributed by atoms with E-state index in [0.717, 1.165) is 44.9 Å². The van der Waals surface area contributed by atoms with Crippen molar-refractivity contribution in [2.45, 2.75) is 13.0 Å². The van der Waals surface area contributed by atoms with Crippen molar-refractivity contribution >= 4 is 16.9 Å². The molecule has 5 aromatic rings. The van der Waals surface area contributed by atoms with Crippen molar-refractivity contribution in [3.63, 3.8) is 0 Å². The maximum atomic E-state index is 13.2. The Labute approximate surface area is 202 Å². The predicted molar refractivity (Wildman–Crippen MR) is 132 cm³/mol. The summed E-state index contributed by atoms with van der Waals surface area (Å²) in [4.78, 5) is 29.2. The molecule has 3 aromatic carbocycles. The maximum absolute atomic E-state index is 13.2. The van der Waals surface area contributed by atoms with Gasteiger partial charge in [0.2, 0.25) is 5.89 Å². The van der Waals surface area contributed by atoms with E-state index in [9.17, 15) is 4.79 Å². The zero-order valence-corrected chi connectivity index (χ0v) is 19.1. The minimum absolute atomic E-state index is 0.00755. The molecule has 35 heavy (non-hydrogen) atoms. The molecular weight excluding hydrogens is 440 g/mol. The number of aromatic nitrogens is 3. The first kappa shape index (κ1) is 21.0. The minimum Gasteiger partial charge on any atom is -0.497 e. The van der Waals surface area contributed by atoms with Crippen LogP contribution in [0.5, 0.6) is 5.75 Å². The summed E-state index contributed by atoms with van der Waals surface area (Å²) in [6.07, 6.45) is 3.73. The largest absolute Gasteiger partial charge is 0.497 e. The molecule has 6 rings (SSSR count). The Morgan fingerprint density at radius 1 is 0.943 bits per heavy atom. The zero-order valence-electron chi connectivity index (χ0n) is 19.1. The molecule has 2 aromatic heterocycles. The van der Waals surface area contributed by atoms with E-state index in [1.165, 1.54) is 0 Å². The second kappa shape index (κ2) is 8.68. The summed E-state index contributed by atoms with van der Waals surface area (Å²) in [5.41, 5.74) is 6.79. The number of oxazole rings is 1. The minimum atomic E-state index is 0.00755. The Hall–Kier alpha value is -4.52. The standard InChI is InChI=1S/C28H22N4O3/c1-34-19-11-9-18(10-12-19)26-25(30-23-7-2-3-8-24(23)31-26)13-15-32-17-22-20(27-29-14-16-35-27)5-4-6-21(22)28(32)33/h2-12,14,16H,13,15,17H2,1H3. The molecular formula is C28H22N4O3. The molecule has 172 valence electrons. The molecule has 0 unspecified atom stereocenters. The van der Waals surface area contributed by atoms with Crippen LogP contribution in [-0.2, 0) is 13.0 Å². The van der Waals surface area contributed by atoms with Crippen LogP contribution >= 0.6 is 0 Å². The van der Waals surface area contributed by atoms with Gasteiger partial charge in [-0.25, -0.2) is 15.0 Å². The van der Waals surface area contributed by atoms with Crippen LogP contribution in [0.3, 0.4) is 0 Å². The highest BCUT2D eigenvalue weighted by atomic mass is 16.5. The van der Waals surface area contributed by atoms with Gasteiger partial charge in [-0.05, 0) is 54.1 Å². The lowest BCUT2D eigenvalue weighted by atomic mass is 10.0. The first-order valence-electron chi connectivity index (χ1n) is 11.4. The Balaban J connectivity index is 1.31. The molecule has 0 aliphatic carbocycles. The normalized spacial score (nSPS) is 12.8. The predicted octanol–water partition coefficient (Wildman–Crippen LogP) is 5.16. The van der Waals surface area contributed by atoms with Crippen molar-refractivity contribution in [3.05, 3.63) is 96.0 Å². The van der Waals surface area contributed by atoms with Gasteiger partial charge >= 0.3 is 0 Å². The summed E-state index contributed by atoms with van der Waals surface area (Å²) in [7, 11) is 1.65. The molecule has 0 atom stereocenters. The molecule has 3 heterocycles. The fourth-order valence-corrected chi connectivity index (χ4v) is 4.56. The Morgan fingerprint density at radius 3 is 2.46 bits per heavy atom. The van der Waals surface area contributed by atoms with Crippen molar-refractivity contribution < 1.29 is 13.9 Å². The Morgan fingerprint density at radius 2 is 1.71 bits per heavy atom. The van der Waals surface area contributed by atoms with Crippen LogP contribution in [0.25, 0.3) is 33.7 Å². The summed E-state index contributed by atoms with van der Waals surface area (Å²) < 4.78 is 10.8. The number of fused-ring (bicyclic) bond motifs is 2. The average molecular weight is 463 g/mol. The fraction of sp³-hybridized carbons (Fsp3) is 0.143. The highest BCUT2D eigenvalue weighted by Gasteiger charge is 2.30. The van der Waals surface area contributed by atoms with Gasteiger partial charge in [-0.3, -0.25) is 4.79 Å². The highest BCUT2D eigenvalue weighted by molar-refractivity contribution is 6.00. The summed E-state index contributed by atoms with van der Waals surface area (Å²) in [6, 6.07) is 21.3. The topological polar surface area (TPSA) is 81.3 Å². The van der Waals surface area contributed by atoms with E-state index in [2.05, 4.69) is 4.98 Å². The van der Waals surface area contributed by atoms with Gasteiger partial charge in [0, 0.05) is 36.2 Å². The number of carbonyl (C=O) groups excluding carboxylic acids is 1. The van der Waals surface area contributed by atoms with Crippen molar-refractivity contribution in [3.8, 4) is 28.5 Å². The van der Waals surface area contributed by atoms with Crippen LogP contribution in [0.15, 0.2) is 83.6 Å². The SMILES string of the molecule is COc1ccc(-c2nc3ccccc3nc2CCN2Cc3c(cccc3-c3ncco3)C2=O)cc1. The molecule has 7 nitrogen and oxygen atoms in total. The summed E-state index contributed by atoms with van der Waals surface area (Å²) in [6.45, 7) is 1.03. The molecule has 0 radical (unpaired) electrons. The molecule has 0 fully saturated rings. The number of hydrogen-bond donors (Lipinski definition) is 0. The van der Waals surface area contributed by atoms with Crippen LogP contribution in [0.1, 0.15) is 21.6 Å².